The van der Waals surface area contributed by atoms with Gasteiger partial charge in [0.1, 0.15) is 0 Å². The van der Waals surface area contributed by atoms with Gasteiger partial charge in [0.25, 0.3) is 5.91 Å². The Morgan fingerprint density at radius 2 is 1.96 bits per heavy atom. The van der Waals surface area contributed by atoms with Crippen molar-refractivity contribution in [3.8, 4) is 0 Å². The Morgan fingerprint density at radius 3 is 2.67 bits per heavy atom. The normalized spacial score (nSPS) is 10.6. The molecule has 0 radical (unpaired) electrons. The Labute approximate surface area is 158 Å². The zero-order chi connectivity index (χ0) is 19.2. The van der Waals surface area contributed by atoms with E-state index in [0.29, 0.717) is 23.6 Å². The summed E-state index contributed by atoms with van der Waals surface area (Å²) in [5.41, 5.74) is 1.46. The topological polar surface area (TPSA) is 99.0 Å². The van der Waals surface area contributed by atoms with Crippen LogP contribution in [0.1, 0.15) is 23.0 Å². The summed E-state index contributed by atoms with van der Waals surface area (Å²) < 4.78 is 11.7. The molecule has 0 unspecified atom stereocenters. The minimum atomic E-state index is -0.534. The number of rotatable bonds is 7. The van der Waals surface area contributed by atoms with Gasteiger partial charge >= 0.3 is 11.9 Å². The van der Waals surface area contributed by atoms with Crippen LogP contribution in [0.2, 0.25) is 0 Å². The number of fused-ring (bicyclic) bond motifs is 1. The molecule has 2 heterocycles. The van der Waals surface area contributed by atoms with Crippen molar-refractivity contribution >= 4 is 39.8 Å². The van der Waals surface area contributed by atoms with E-state index in [-0.39, 0.29) is 6.42 Å². The monoisotopic (exact) mass is 387 g/mol. The predicted molar refractivity (Wildman–Crippen MR) is 98.8 cm³/mol. The van der Waals surface area contributed by atoms with Gasteiger partial charge in [-0.1, -0.05) is 0 Å². The standard InChI is InChI=1S/C18H17N3O5S/c1-2-25-17(24)12-3-5-13(6-4-12)19-15(22)11-26-16(23)9-14-10-21-7-8-27-18(21)20-14/h3-8,10H,2,9,11H2,1H3,(H,19,22). The van der Waals surface area contributed by atoms with Gasteiger partial charge < -0.3 is 14.8 Å². The molecule has 0 bridgehead atoms. The highest BCUT2D eigenvalue weighted by molar-refractivity contribution is 7.15. The maximum Gasteiger partial charge on any atom is 0.338 e. The van der Waals surface area contributed by atoms with Crippen molar-refractivity contribution in [1.82, 2.24) is 9.38 Å². The fraction of sp³-hybridized carbons (Fsp3) is 0.222. The lowest BCUT2D eigenvalue weighted by Crippen LogP contribution is -2.21. The molecule has 140 valence electrons. The van der Waals surface area contributed by atoms with Crippen LogP contribution >= 0.6 is 11.3 Å². The Morgan fingerprint density at radius 1 is 1.19 bits per heavy atom. The Bertz CT molecular complexity index is 932. The molecule has 1 N–H and O–H groups in total. The molecule has 1 aromatic carbocycles. The summed E-state index contributed by atoms with van der Waals surface area (Å²) in [5, 5.41) is 4.49. The molecule has 0 aliphatic heterocycles. The molecular formula is C18H17N3O5S. The molecule has 27 heavy (non-hydrogen) atoms. The lowest BCUT2D eigenvalue weighted by atomic mass is 10.2. The highest BCUT2D eigenvalue weighted by Gasteiger charge is 2.12. The van der Waals surface area contributed by atoms with Crippen LogP contribution < -0.4 is 5.32 Å². The van der Waals surface area contributed by atoms with Crippen molar-refractivity contribution in [2.24, 2.45) is 0 Å². The van der Waals surface area contributed by atoms with Crippen molar-refractivity contribution in [3.63, 3.8) is 0 Å². The minimum absolute atomic E-state index is 0.00405. The maximum atomic E-state index is 11.9. The number of benzene rings is 1. The first kappa shape index (κ1) is 18.6. The van der Waals surface area contributed by atoms with Crippen LogP contribution in [0, 0.1) is 0 Å². The average molecular weight is 387 g/mol. The summed E-state index contributed by atoms with van der Waals surface area (Å²) in [6, 6.07) is 6.24. The molecule has 0 saturated heterocycles. The number of esters is 2. The number of anilines is 1. The number of carbonyl (C=O) groups is 3. The SMILES string of the molecule is CCOC(=O)c1ccc(NC(=O)COC(=O)Cc2cn3ccsc3n2)cc1. The number of nitrogens with zero attached hydrogens (tertiary/aromatic N) is 2. The number of hydrogen-bond donors (Lipinski definition) is 1. The number of aromatic nitrogens is 2. The zero-order valence-corrected chi connectivity index (χ0v) is 15.3. The lowest BCUT2D eigenvalue weighted by Gasteiger charge is -2.07. The van der Waals surface area contributed by atoms with E-state index in [1.165, 1.54) is 11.3 Å². The summed E-state index contributed by atoms with van der Waals surface area (Å²) in [5.74, 6) is -1.44. The Hall–Kier alpha value is -3.20. The first-order chi connectivity index (χ1) is 13.0. The van der Waals surface area contributed by atoms with E-state index in [2.05, 4.69) is 10.3 Å². The number of hydrogen-bond acceptors (Lipinski definition) is 7. The first-order valence-electron chi connectivity index (χ1n) is 8.19. The second-order valence-corrected chi connectivity index (χ2v) is 6.38. The van der Waals surface area contributed by atoms with E-state index in [1.807, 2.05) is 16.0 Å². The molecule has 0 spiro atoms. The van der Waals surface area contributed by atoms with Crippen molar-refractivity contribution in [2.45, 2.75) is 13.3 Å². The van der Waals surface area contributed by atoms with Crippen LogP contribution in [0.25, 0.3) is 4.96 Å². The summed E-state index contributed by atoms with van der Waals surface area (Å²) in [4.78, 5) is 40.4. The highest BCUT2D eigenvalue weighted by atomic mass is 32.1. The molecule has 0 aliphatic carbocycles. The maximum absolute atomic E-state index is 11.9. The molecule has 3 rings (SSSR count). The van der Waals surface area contributed by atoms with E-state index in [4.69, 9.17) is 9.47 Å². The van der Waals surface area contributed by atoms with Crippen LogP contribution in [0.3, 0.4) is 0 Å². The van der Waals surface area contributed by atoms with Gasteiger partial charge in [-0.15, -0.1) is 11.3 Å². The van der Waals surface area contributed by atoms with Crippen molar-refractivity contribution < 1.29 is 23.9 Å². The second-order valence-electron chi connectivity index (χ2n) is 5.51. The molecule has 0 aliphatic rings. The van der Waals surface area contributed by atoms with Gasteiger partial charge in [-0.05, 0) is 31.2 Å². The average Bonchev–Trinajstić information content (AvgIpc) is 3.22. The van der Waals surface area contributed by atoms with E-state index >= 15 is 0 Å². The van der Waals surface area contributed by atoms with Gasteiger partial charge in [0.2, 0.25) is 0 Å². The molecule has 3 aromatic rings. The largest absolute Gasteiger partial charge is 0.462 e. The number of nitrogens with one attached hydrogen (secondary N) is 1. The molecule has 8 nitrogen and oxygen atoms in total. The van der Waals surface area contributed by atoms with Gasteiger partial charge in [0, 0.05) is 23.5 Å². The number of thiazole rings is 1. The molecule has 1 amide bonds. The van der Waals surface area contributed by atoms with Crippen LogP contribution in [0.5, 0.6) is 0 Å². The zero-order valence-electron chi connectivity index (χ0n) is 14.5. The van der Waals surface area contributed by atoms with Crippen LogP contribution in [0.4, 0.5) is 5.69 Å². The van der Waals surface area contributed by atoms with E-state index < -0.39 is 24.5 Å². The number of imidazole rings is 1. The Kier molecular flexibility index (Phi) is 5.82. The van der Waals surface area contributed by atoms with E-state index in [0.717, 1.165) is 4.96 Å². The third-order valence-corrected chi connectivity index (χ3v) is 4.28. The third kappa shape index (κ3) is 4.91. The highest BCUT2D eigenvalue weighted by Crippen LogP contribution is 2.12. The minimum Gasteiger partial charge on any atom is -0.462 e. The number of carbonyl (C=O) groups excluding carboxylic acids is 3. The van der Waals surface area contributed by atoms with Gasteiger partial charge in [-0.25, -0.2) is 9.78 Å². The summed E-state index contributed by atoms with van der Waals surface area (Å²) in [7, 11) is 0. The number of ether oxygens (including phenoxy) is 2. The molecule has 0 saturated carbocycles. The molecule has 0 fully saturated rings. The second kappa shape index (κ2) is 8.45. The lowest BCUT2D eigenvalue weighted by molar-refractivity contribution is -0.146. The molecule has 2 aromatic heterocycles. The fourth-order valence-corrected chi connectivity index (χ4v) is 3.03. The van der Waals surface area contributed by atoms with Gasteiger partial charge in [0.05, 0.1) is 24.3 Å². The van der Waals surface area contributed by atoms with Crippen LogP contribution in [-0.2, 0) is 25.5 Å². The van der Waals surface area contributed by atoms with Gasteiger partial charge in [-0.2, -0.15) is 0 Å². The van der Waals surface area contributed by atoms with Crippen LogP contribution in [-0.4, -0.2) is 40.4 Å². The predicted octanol–water partition coefficient (Wildman–Crippen LogP) is 2.30. The Balaban J connectivity index is 1.45. The summed E-state index contributed by atoms with van der Waals surface area (Å²) in [6.45, 7) is 1.61. The molecule has 9 heteroatoms. The van der Waals surface area contributed by atoms with Crippen molar-refractivity contribution in [2.75, 3.05) is 18.5 Å². The smallest absolute Gasteiger partial charge is 0.338 e. The van der Waals surface area contributed by atoms with Crippen molar-refractivity contribution in [1.29, 1.82) is 0 Å². The summed E-state index contributed by atoms with van der Waals surface area (Å²) >= 11 is 1.47. The molecular weight excluding hydrogens is 370 g/mol. The van der Waals surface area contributed by atoms with E-state index in [1.54, 1.807) is 37.4 Å². The van der Waals surface area contributed by atoms with Gasteiger partial charge in [0.15, 0.2) is 11.6 Å². The van der Waals surface area contributed by atoms with Gasteiger partial charge in [-0.3, -0.25) is 14.0 Å². The number of amides is 1. The quantitative estimate of drug-likeness (QED) is 0.625. The first-order valence-corrected chi connectivity index (χ1v) is 9.07. The molecule has 0 atom stereocenters. The fourth-order valence-electron chi connectivity index (χ4n) is 2.31. The van der Waals surface area contributed by atoms with Crippen molar-refractivity contribution in [3.05, 3.63) is 53.3 Å². The summed E-state index contributed by atoms with van der Waals surface area (Å²) in [6.07, 6.45) is 3.59. The third-order valence-electron chi connectivity index (χ3n) is 3.51. The van der Waals surface area contributed by atoms with E-state index in [9.17, 15) is 14.4 Å². The van der Waals surface area contributed by atoms with Crippen LogP contribution in [0.15, 0.2) is 42.0 Å².